The van der Waals surface area contributed by atoms with Gasteiger partial charge in [-0.05, 0) is 13.8 Å². The number of nitrogens with two attached hydrogens (primary N) is 1. The number of carbonyl (C=O) groups is 1. The number of nitrogens with zero attached hydrogens (tertiary/aromatic N) is 1. The van der Waals surface area contributed by atoms with Gasteiger partial charge in [-0.15, -0.1) is 11.3 Å². The smallest absolute Gasteiger partial charge is 0.236 e. The number of rotatable bonds is 4. The van der Waals surface area contributed by atoms with Crippen LogP contribution in [0.2, 0.25) is 0 Å². The van der Waals surface area contributed by atoms with Gasteiger partial charge in [0.05, 0.1) is 16.7 Å². The molecule has 0 saturated carbocycles. The summed E-state index contributed by atoms with van der Waals surface area (Å²) in [5.41, 5.74) is 6.42. The number of nitrogens with one attached hydrogen (secondary N) is 1. The van der Waals surface area contributed by atoms with Crippen LogP contribution in [0.15, 0.2) is 5.38 Å². The highest BCUT2D eigenvalue weighted by Crippen LogP contribution is 2.07. The normalized spacial score (nSPS) is 12.5. The second-order valence-electron chi connectivity index (χ2n) is 3.19. The van der Waals surface area contributed by atoms with Crippen LogP contribution in [-0.2, 0) is 11.2 Å². The molecule has 5 heteroatoms. The number of hydrogen-bond acceptors (Lipinski definition) is 4. The molecule has 0 bridgehead atoms. The van der Waals surface area contributed by atoms with Crippen LogP contribution in [0.1, 0.15) is 17.6 Å². The van der Waals surface area contributed by atoms with E-state index in [9.17, 15) is 4.79 Å². The first-order valence-electron chi connectivity index (χ1n) is 4.54. The molecule has 0 radical (unpaired) electrons. The van der Waals surface area contributed by atoms with Crippen molar-refractivity contribution in [2.75, 3.05) is 6.54 Å². The van der Waals surface area contributed by atoms with E-state index in [1.807, 2.05) is 12.3 Å². The van der Waals surface area contributed by atoms with E-state index >= 15 is 0 Å². The molecule has 0 spiro atoms. The molecule has 1 aromatic rings. The minimum Gasteiger partial charge on any atom is -0.354 e. The van der Waals surface area contributed by atoms with Gasteiger partial charge in [0.25, 0.3) is 0 Å². The summed E-state index contributed by atoms with van der Waals surface area (Å²) < 4.78 is 0. The second-order valence-corrected chi connectivity index (χ2v) is 4.25. The van der Waals surface area contributed by atoms with Gasteiger partial charge < -0.3 is 11.1 Å². The molecule has 78 valence electrons. The maximum absolute atomic E-state index is 11.1. The first-order valence-corrected chi connectivity index (χ1v) is 5.42. The molecule has 1 rings (SSSR count). The maximum Gasteiger partial charge on any atom is 0.236 e. The minimum atomic E-state index is -0.438. The van der Waals surface area contributed by atoms with Crippen LogP contribution in [0.25, 0.3) is 0 Å². The molecule has 0 saturated heterocycles. The zero-order chi connectivity index (χ0) is 10.6. The molecule has 0 aliphatic heterocycles. The topological polar surface area (TPSA) is 68.0 Å². The van der Waals surface area contributed by atoms with Crippen molar-refractivity contribution < 1.29 is 4.79 Å². The average Bonchev–Trinajstić information content (AvgIpc) is 2.51. The summed E-state index contributed by atoms with van der Waals surface area (Å²) >= 11 is 1.62. The summed E-state index contributed by atoms with van der Waals surface area (Å²) in [6, 6.07) is -0.438. The van der Waals surface area contributed by atoms with Crippen LogP contribution in [-0.4, -0.2) is 23.5 Å². The summed E-state index contributed by atoms with van der Waals surface area (Å²) in [5, 5.41) is 5.80. The molecular weight excluding hydrogens is 198 g/mol. The van der Waals surface area contributed by atoms with Gasteiger partial charge in [-0.3, -0.25) is 4.79 Å². The van der Waals surface area contributed by atoms with Crippen molar-refractivity contribution >= 4 is 17.2 Å². The number of hydrogen-bond donors (Lipinski definition) is 2. The van der Waals surface area contributed by atoms with Crippen LogP contribution < -0.4 is 11.1 Å². The molecule has 1 amide bonds. The predicted octanol–water partition coefficient (Wildman–Crippen LogP) is 0.457. The number of thiazole rings is 1. The van der Waals surface area contributed by atoms with E-state index in [1.54, 1.807) is 18.3 Å². The largest absolute Gasteiger partial charge is 0.354 e. The molecule has 0 aliphatic rings. The third kappa shape index (κ3) is 3.43. The number of amides is 1. The van der Waals surface area contributed by atoms with Crippen LogP contribution in [0.4, 0.5) is 0 Å². The summed E-state index contributed by atoms with van der Waals surface area (Å²) in [4.78, 5) is 15.4. The van der Waals surface area contributed by atoms with Gasteiger partial charge in [0, 0.05) is 18.3 Å². The van der Waals surface area contributed by atoms with Crippen molar-refractivity contribution in [1.29, 1.82) is 0 Å². The van der Waals surface area contributed by atoms with Crippen molar-refractivity contribution in [3.8, 4) is 0 Å². The Hall–Kier alpha value is -0.940. The van der Waals surface area contributed by atoms with Crippen molar-refractivity contribution in [2.24, 2.45) is 5.73 Å². The molecule has 1 atom stereocenters. The summed E-state index contributed by atoms with van der Waals surface area (Å²) in [6.07, 6.45) is 0.767. The Kier molecular flexibility index (Phi) is 4.03. The fourth-order valence-corrected chi connectivity index (χ4v) is 1.64. The van der Waals surface area contributed by atoms with E-state index in [-0.39, 0.29) is 5.91 Å². The van der Waals surface area contributed by atoms with E-state index in [2.05, 4.69) is 10.3 Å². The molecule has 14 heavy (non-hydrogen) atoms. The van der Waals surface area contributed by atoms with E-state index in [1.165, 1.54) is 0 Å². The first-order chi connectivity index (χ1) is 6.59. The lowest BCUT2D eigenvalue weighted by atomic mass is 10.3. The van der Waals surface area contributed by atoms with E-state index in [4.69, 9.17) is 5.73 Å². The average molecular weight is 213 g/mol. The highest BCUT2D eigenvalue weighted by molar-refractivity contribution is 7.09. The van der Waals surface area contributed by atoms with Gasteiger partial charge in [0.2, 0.25) is 5.91 Å². The zero-order valence-electron chi connectivity index (χ0n) is 8.41. The maximum atomic E-state index is 11.1. The van der Waals surface area contributed by atoms with E-state index < -0.39 is 6.04 Å². The number of aryl methyl sites for hydroxylation is 1. The molecular formula is C9H15N3OS. The van der Waals surface area contributed by atoms with Crippen molar-refractivity contribution in [2.45, 2.75) is 26.3 Å². The molecule has 1 aromatic heterocycles. The van der Waals surface area contributed by atoms with Crippen molar-refractivity contribution in [3.05, 3.63) is 16.1 Å². The van der Waals surface area contributed by atoms with Crippen LogP contribution in [0.3, 0.4) is 0 Å². The lowest BCUT2D eigenvalue weighted by molar-refractivity contribution is -0.121. The summed E-state index contributed by atoms with van der Waals surface area (Å²) in [7, 11) is 0. The quantitative estimate of drug-likeness (QED) is 0.763. The fraction of sp³-hybridized carbons (Fsp3) is 0.556. The van der Waals surface area contributed by atoms with Gasteiger partial charge in [0.15, 0.2) is 0 Å². The Labute approximate surface area is 87.5 Å². The molecule has 0 aromatic carbocycles. The Morgan fingerprint density at radius 2 is 2.50 bits per heavy atom. The van der Waals surface area contributed by atoms with E-state index in [0.29, 0.717) is 6.54 Å². The Balaban J connectivity index is 2.25. The third-order valence-corrected chi connectivity index (χ3v) is 2.58. The highest BCUT2D eigenvalue weighted by atomic mass is 32.1. The highest BCUT2D eigenvalue weighted by Gasteiger charge is 2.06. The predicted molar refractivity (Wildman–Crippen MR) is 57.2 cm³/mol. The summed E-state index contributed by atoms with van der Waals surface area (Å²) in [5.74, 6) is -0.114. The van der Waals surface area contributed by atoms with E-state index in [0.717, 1.165) is 17.1 Å². The lowest BCUT2D eigenvalue weighted by Gasteiger charge is -2.05. The van der Waals surface area contributed by atoms with Crippen LogP contribution in [0, 0.1) is 6.92 Å². The zero-order valence-corrected chi connectivity index (χ0v) is 9.23. The number of aromatic nitrogens is 1. The Bertz CT molecular complexity index is 309. The third-order valence-electron chi connectivity index (χ3n) is 1.76. The van der Waals surface area contributed by atoms with Gasteiger partial charge in [-0.1, -0.05) is 0 Å². The van der Waals surface area contributed by atoms with Gasteiger partial charge in [-0.2, -0.15) is 0 Å². The molecule has 1 heterocycles. The summed E-state index contributed by atoms with van der Waals surface area (Å²) in [6.45, 7) is 4.24. The van der Waals surface area contributed by atoms with Gasteiger partial charge in [-0.25, -0.2) is 4.98 Å². The molecule has 1 unspecified atom stereocenters. The van der Waals surface area contributed by atoms with Crippen LogP contribution >= 0.6 is 11.3 Å². The molecule has 4 nitrogen and oxygen atoms in total. The number of carbonyl (C=O) groups excluding carboxylic acids is 1. The van der Waals surface area contributed by atoms with Crippen LogP contribution in [0.5, 0.6) is 0 Å². The molecule has 3 N–H and O–H groups in total. The Morgan fingerprint density at radius 3 is 3.00 bits per heavy atom. The van der Waals surface area contributed by atoms with Gasteiger partial charge in [0.1, 0.15) is 0 Å². The standard InChI is InChI=1S/C9H15N3OS/c1-6(10)9(13)11-4-3-8-5-14-7(2)12-8/h5-6H,3-4,10H2,1-2H3,(H,11,13). The molecule has 0 aliphatic carbocycles. The van der Waals surface area contributed by atoms with Crippen molar-refractivity contribution in [1.82, 2.24) is 10.3 Å². The monoisotopic (exact) mass is 213 g/mol. The Morgan fingerprint density at radius 1 is 1.79 bits per heavy atom. The molecule has 0 fully saturated rings. The SMILES string of the molecule is Cc1nc(CCNC(=O)C(C)N)cs1. The lowest BCUT2D eigenvalue weighted by Crippen LogP contribution is -2.39. The minimum absolute atomic E-state index is 0.114. The first kappa shape index (κ1) is 11.1. The van der Waals surface area contributed by atoms with Crippen molar-refractivity contribution in [3.63, 3.8) is 0 Å². The van der Waals surface area contributed by atoms with Gasteiger partial charge >= 0.3 is 0 Å². The second kappa shape index (κ2) is 5.07. The fourth-order valence-electron chi connectivity index (χ4n) is 0.998.